The maximum atomic E-state index is 15.2. The first-order valence-corrected chi connectivity index (χ1v) is 13.5. The van der Waals surface area contributed by atoms with Gasteiger partial charge in [-0.1, -0.05) is 11.6 Å². The zero-order chi connectivity index (χ0) is 27.0. The number of aliphatic hydroxyl groups is 2. The number of aliphatic hydroxyl groups excluding tert-OH is 2. The van der Waals surface area contributed by atoms with Gasteiger partial charge in [0.05, 0.1) is 41.2 Å². The molecule has 3 aromatic rings. The summed E-state index contributed by atoms with van der Waals surface area (Å²) in [7, 11) is 0. The number of hydrogen-bond donors (Lipinski definition) is 3. The van der Waals surface area contributed by atoms with Crippen LogP contribution in [0.3, 0.4) is 0 Å². The van der Waals surface area contributed by atoms with Crippen molar-refractivity contribution in [1.29, 1.82) is 0 Å². The van der Waals surface area contributed by atoms with Crippen molar-refractivity contribution in [1.82, 2.24) is 24.4 Å². The monoisotopic (exact) mass is 547 g/mol. The summed E-state index contributed by atoms with van der Waals surface area (Å²) in [6.45, 7) is 8.60. The number of imidazole rings is 1. The summed E-state index contributed by atoms with van der Waals surface area (Å²) in [5, 5.41) is 19.1. The van der Waals surface area contributed by atoms with Crippen molar-refractivity contribution in [3.05, 3.63) is 29.2 Å². The molecule has 10 nitrogen and oxygen atoms in total. The molecule has 0 amide bonds. The minimum Gasteiger partial charge on any atom is -0.392 e. The maximum absolute atomic E-state index is 15.2. The third-order valence-corrected chi connectivity index (χ3v) is 7.57. The van der Waals surface area contributed by atoms with Crippen molar-refractivity contribution in [3.63, 3.8) is 0 Å². The fraction of sp³-hybridized carbons (Fsp3) is 0.577. The van der Waals surface area contributed by atoms with E-state index < -0.39 is 5.82 Å². The van der Waals surface area contributed by atoms with E-state index in [9.17, 15) is 5.11 Å². The zero-order valence-corrected chi connectivity index (χ0v) is 22.5. The lowest BCUT2D eigenvalue weighted by Gasteiger charge is -2.38. The number of hydrogen-bond acceptors (Lipinski definition) is 9. The summed E-state index contributed by atoms with van der Waals surface area (Å²) in [5.41, 5.74) is 7.65. The molecular weight excluding hydrogens is 513 g/mol. The Morgan fingerprint density at radius 2 is 1.97 bits per heavy atom. The van der Waals surface area contributed by atoms with Crippen LogP contribution in [0.5, 0.6) is 0 Å². The lowest BCUT2D eigenvalue weighted by atomic mass is 10.1. The van der Waals surface area contributed by atoms with E-state index in [-0.39, 0.29) is 30.2 Å². The summed E-state index contributed by atoms with van der Waals surface area (Å²) in [5.74, 6) is 0.390. The summed E-state index contributed by atoms with van der Waals surface area (Å²) < 4.78 is 22.2. The predicted molar refractivity (Wildman–Crippen MR) is 145 cm³/mol. The van der Waals surface area contributed by atoms with E-state index in [0.717, 1.165) is 58.0 Å². The Morgan fingerprint density at radius 3 is 2.66 bits per heavy atom. The van der Waals surface area contributed by atoms with Crippen LogP contribution >= 0.6 is 11.6 Å². The normalized spacial score (nSPS) is 24.0. The molecule has 5 heterocycles. The van der Waals surface area contributed by atoms with Gasteiger partial charge in [-0.05, 0) is 45.2 Å². The van der Waals surface area contributed by atoms with Gasteiger partial charge in [-0.25, -0.2) is 19.3 Å². The molecule has 3 aliphatic rings. The van der Waals surface area contributed by atoms with Gasteiger partial charge < -0.3 is 30.2 Å². The van der Waals surface area contributed by atoms with Crippen molar-refractivity contribution >= 4 is 34.5 Å². The van der Waals surface area contributed by atoms with Crippen LogP contribution < -0.4 is 10.6 Å². The molecule has 4 N–H and O–H groups in total. The van der Waals surface area contributed by atoms with Gasteiger partial charge in [-0.2, -0.15) is 0 Å². The van der Waals surface area contributed by atoms with Crippen molar-refractivity contribution in [2.24, 2.45) is 0 Å². The zero-order valence-electron chi connectivity index (χ0n) is 21.7. The van der Waals surface area contributed by atoms with Crippen LogP contribution in [0, 0.1) is 5.82 Å². The number of rotatable bonds is 3. The van der Waals surface area contributed by atoms with Crippen molar-refractivity contribution in [2.75, 3.05) is 50.0 Å². The molecule has 12 heteroatoms. The molecule has 3 atom stereocenters. The number of piperazine rings is 1. The lowest BCUT2D eigenvalue weighted by Crippen LogP contribution is -2.51. The van der Waals surface area contributed by atoms with Crippen molar-refractivity contribution in [2.45, 2.75) is 57.4 Å². The number of halogens is 2. The van der Waals surface area contributed by atoms with E-state index >= 15 is 4.39 Å². The highest BCUT2D eigenvalue weighted by molar-refractivity contribution is 6.33. The lowest BCUT2D eigenvalue weighted by molar-refractivity contribution is -0.00535. The maximum Gasteiger partial charge on any atom is 0.220 e. The third kappa shape index (κ3) is 5.57. The molecule has 6 rings (SSSR count). The second-order valence-electron chi connectivity index (χ2n) is 10.5. The number of nitrogens with two attached hydrogens (primary N) is 1. The molecule has 0 bridgehead atoms. The highest BCUT2D eigenvalue weighted by Gasteiger charge is 2.37. The minimum absolute atomic E-state index is 0.0628. The van der Waals surface area contributed by atoms with E-state index in [4.69, 9.17) is 32.2 Å². The number of aromatic nitrogens is 4. The largest absolute Gasteiger partial charge is 0.392 e. The first-order chi connectivity index (χ1) is 18.2. The molecule has 0 aliphatic carbocycles. The second-order valence-corrected chi connectivity index (χ2v) is 10.9. The van der Waals surface area contributed by atoms with Crippen molar-refractivity contribution < 1.29 is 19.3 Å². The Bertz CT molecular complexity index is 1280. The van der Waals surface area contributed by atoms with Crippen LogP contribution in [0.2, 0.25) is 5.02 Å². The van der Waals surface area contributed by atoms with Crippen LogP contribution in [0.1, 0.15) is 39.2 Å². The van der Waals surface area contributed by atoms with Gasteiger partial charge in [-0.15, -0.1) is 0 Å². The van der Waals surface area contributed by atoms with Gasteiger partial charge in [0, 0.05) is 50.4 Å². The Hall–Kier alpha value is -2.57. The summed E-state index contributed by atoms with van der Waals surface area (Å²) in [4.78, 5) is 17.3. The number of nitrogen functional groups attached to an aromatic ring is 1. The quantitative estimate of drug-likeness (QED) is 0.453. The van der Waals surface area contributed by atoms with Crippen molar-refractivity contribution in [3.8, 4) is 11.3 Å². The average molecular weight is 548 g/mol. The van der Waals surface area contributed by atoms with E-state index in [1.165, 1.54) is 12.3 Å². The Kier molecular flexibility index (Phi) is 8.01. The summed E-state index contributed by atoms with van der Waals surface area (Å²) in [6.07, 6.45) is 3.64. The first kappa shape index (κ1) is 27.0. The number of fused-ring (bicyclic) bond motifs is 2. The van der Waals surface area contributed by atoms with Gasteiger partial charge in [0.15, 0.2) is 5.82 Å². The molecule has 0 spiro atoms. The third-order valence-electron chi connectivity index (χ3n) is 7.30. The molecule has 3 fully saturated rings. The molecule has 2 aromatic heterocycles. The molecule has 1 aromatic carbocycles. The minimum atomic E-state index is -0.434. The van der Waals surface area contributed by atoms with Gasteiger partial charge in [0.2, 0.25) is 11.9 Å². The van der Waals surface area contributed by atoms with E-state index in [1.54, 1.807) is 0 Å². The topological polar surface area (TPSA) is 126 Å². The fourth-order valence-corrected chi connectivity index (χ4v) is 5.71. The number of benzene rings is 1. The van der Waals surface area contributed by atoms with Crippen LogP contribution in [0.15, 0.2) is 18.3 Å². The highest BCUT2D eigenvalue weighted by atomic mass is 35.5. The van der Waals surface area contributed by atoms with E-state index in [0.29, 0.717) is 33.9 Å². The molecule has 3 aliphatic heterocycles. The standard InChI is InChI=1S/C21H25ClFN7O.C5H10O2/c1-11(2)30-17-6-12(18-15(22)8-25-20(24)26-18)5-16(23)19(17)27-21(30)29-4-3-28-10-14(31)7-13(28)9-29;6-5-2-1-3-7-4-5/h5-6,8,11,13-14,31H,3-4,7,9-10H2,1-2H3,(H2,24,25,26);5-6H,1-4H2. The first-order valence-electron chi connectivity index (χ1n) is 13.1. The Balaban J connectivity index is 0.000000366. The Morgan fingerprint density at radius 1 is 1.16 bits per heavy atom. The number of anilines is 2. The van der Waals surface area contributed by atoms with Crippen LogP contribution in [-0.2, 0) is 4.74 Å². The summed E-state index contributed by atoms with van der Waals surface area (Å²) >= 11 is 6.27. The molecule has 0 radical (unpaired) electrons. The molecular formula is C26H35ClFN7O3. The average Bonchev–Trinajstić information content (AvgIpc) is 3.46. The number of ether oxygens (including phenoxy) is 1. The molecule has 206 valence electrons. The van der Waals surface area contributed by atoms with E-state index in [2.05, 4.69) is 38.2 Å². The second kappa shape index (κ2) is 11.3. The van der Waals surface area contributed by atoms with Gasteiger partial charge >= 0.3 is 0 Å². The highest BCUT2D eigenvalue weighted by Crippen LogP contribution is 2.35. The van der Waals surface area contributed by atoms with Gasteiger partial charge in [0.25, 0.3) is 0 Å². The van der Waals surface area contributed by atoms with E-state index in [1.807, 2.05) is 6.07 Å². The van der Waals surface area contributed by atoms with Crippen LogP contribution in [0.25, 0.3) is 22.3 Å². The molecule has 3 unspecified atom stereocenters. The molecule has 0 saturated carbocycles. The molecule has 38 heavy (non-hydrogen) atoms. The smallest absolute Gasteiger partial charge is 0.220 e. The van der Waals surface area contributed by atoms with Gasteiger partial charge in [0.1, 0.15) is 5.52 Å². The summed E-state index contributed by atoms with van der Waals surface area (Å²) in [6, 6.07) is 3.60. The van der Waals surface area contributed by atoms with Crippen LogP contribution in [-0.4, -0.2) is 92.3 Å². The van der Waals surface area contributed by atoms with Crippen LogP contribution in [0.4, 0.5) is 16.3 Å². The molecule has 3 saturated heterocycles. The number of nitrogens with zero attached hydrogens (tertiary/aromatic N) is 6. The predicted octanol–water partition coefficient (Wildman–Crippen LogP) is 2.86. The fourth-order valence-electron chi connectivity index (χ4n) is 5.51. The Labute approximate surface area is 226 Å². The van der Waals surface area contributed by atoms with Gasteiger partial charge in [-0.3, -0.25) is 4.90 Å². The SMILES string of the molecule is CC(C)n1c(N2CCN3CC(O)CC3C2)nc2c(F)cc(-c3nc(N)ncc3Cl)cc21.OC1CCCOC1.